The zero-order valence-corrected chi connectivity index (χ0v) is 11.6. The van der Waals surface area contributed by atoms with E-state index >= 15 is 0 Å². The molecule has 1 fully saturated rings. The van der Waals surface area contributed by atoms with Crippen LogP contribution in [0.1, 0.15) is 19.1 Å². The van der Waals surface area contributed by atoms with Crippen LogP contribution in [0.25, 0.3) is 0 Å². The minimum absolute atomic E-state index is 0.0470. The first-order valence-electron chi connectivity index (χ1n) is 6.41. The van der Waals surface area contributed by atoms with Crippen LogP contribution in [0, 0.1) is 0 Å². The fraction of sp³-hybridized carbons (Fsp3) is 0.583. The number of likely N-dealkylation sites (N-methyl/N-ethyl adjacent to an activating group) is 1. The molecule has 0 aliphatic carbocycles. The molecule has 9 heteroatoms. The highest BCUT2D eigenvalue weighted by Gasteiger charge is 2.26. The Morgan fingerprint density at radius 1 is 1.48 bits per heavy atom. The predicted octanol–water partition coefficient (Wildman–Crippen LogP) is -2.07. The fourth-order valence-corrected chi connectivity index (χ4v) is 1.76. The van der Waals surface area contributed by atoms with Crippen molar-refractivity contribution in [1.29, 1.82) is 0 Å². The molecule has 1 amide bonds. The predicted molar refractivity (Wildman–Crippen MR) is 72.7 cm³/mol. The number of H-pyrrole nitrogens is 1. The maximum Gasteiger partial charge on any atom is 0.330 e. The van der Waals surface area contributed by atoms with E-state index in [2.05, 4.69) is 10.3 Å². The zero-order chi connectivity index (χ0) is 15.8. The molecule has 1 aliphatic rings. The number of nitrogens with zero attached hydrogens (tertiary/aromatic N) is 1. The second-order valence-electron chi connectivity index (χ2n) is 4.32. The lowest BCUT2D eigenvalue weighted by molar-refractivity contribution is -0.123. The average molecular weight is 301 g/mol. The third kappa shape index (κ3) is 5.14. The average Bonchev–Trinajstić information content (AvgIpc) is 2.95. The first-order valence-corrected chi connectivity index (χ1v) is 6.41. The number of carbonyl (C=O) groups excluding carboxylic acids is 1. The summed E-state index contributed by atoms with van der Waals surface area (Å²) in [5.74, 6) is -0.352. The summed E-state index contributed by atoms with van der Waals surface area (Å²) in [7, 11) is 1.47. The summed E-state index contributed by atoms with van der Waals surface area (Å²) in [6, 6.07) is 1.27. The van der Waals surface area contributed by atoms with Gasteiger partial charge in [0.1, 0.15) is 12.8 Å². The summed E-state index contributed by atoms with van der Waals surface area (Å²) < 4.78 is 6.74. The van der Waals surface area contributed by atoms with Crippen LogP contribution in [0.4, 0.5) is 0 Å². The van der Waals surface area contributed by atoms with E-state index in [9.17, 15) is 14.4 Å². The van der Waals surface area contributed by atoms with E-state index in [1.54, 1.807) is 0 Å². The maximum absolute atomic E-state index is 11.4. The first-order chi connectivity index (χ1) is 10.0. The van der Waals surface area contributed by atoms with Crippen LogP contribution < -0.4 is 16.6 Å². The smallest absolute Gasteiger partial charge is 0.330 e. The van der Waals surface area contributed by atoms with Crippen molar-refractivity contribution in [3.05, 3.63) is 33.1 Å². The molecule has 2 rings (SSSR count). The van der Waals surface area contributed by atoms with Gasteiger partial charge < -0.3 is 20.3 Å². The molecule has 1 aromatic rings. The molecule has 21 heavy (non-hydrogen) atoms. The molecule has 2 unspecified atom stereocenters. The van der Waals surface area contributed by atoms with Crippen molar-refractivity contribution in [2.24, 2.45) is 0 Å². The molecular weight excluding hydrogens is 282 g/mol. The fourth-order valence-electron chi connectivity index (χ4n) is 1.76. The first kappa shape index (κ1) is 17.1. The summed E-state index contributed by atoms with van der Waals surface area (Å²) >= 11 is 0. The van der Waals surface area contributed by atoms with Crippen LogP contribution >= 0.6 is 0 Å². The lowest BCUT2D eigenvalue weighted by Gasteiger charge is -2.13. The van der Waals surface area contributed by atoms with Crippen molar-refractivity contribution in [3.8, 4) is 0 Å². The summed E-state index contributed by atoms with van der Waals surface area (Å²) in [5.41, 5.74) is -0.904. The van der Waals surface area contributed by atoms with Crippen molar-refractivity contribution in [2.45, 2.75) is 25.2 Å². The van der Waals surface area contributed by atoms with Gasteiger partial charge in [-0.2, -0.15) is 0 Å². The quantitative estimate of drug-likeness (QED) is 0.507. The molecule has 118 valence electrons. The Morgan fingerprint density at radius 3 is 2.62 bits per heavy atom. The molecule has 2 heterocycles. The molecule has 1 saturated heterocycles. The van der Waals surface area contributed by atoms with Gasteiger partial charge in [-0.15, -0.1) is 0 Å². The van der Waals surface area contributed by atoms with E-state index in [0.717, 1.165) is 0 Å². The maximum atomic E-state index is 11.4. The number of aromatic nitrogens is 2. The molecule has 0 aromatic carbocycles. The second-order valence-corrected chi connectivity index (χ2v) is 4.32. The summed E-state index contributed by atoms with van der Waals surface area (Å²) in [5, 5.41) is 19.0. The molecule has 0 bridgehead atoms. The Morgan fingerprint density at radius 2 is 2.19 bits per heavy atom. The highest BCUT2D eigenvalue weighted by atomic mass is 16.5. The van der Waals surface area contributed by atoms with Crippen LogP contribution in [-0.2, 0) is 9.53 Å². The van der Waals surface area contributed by atoms with Crippen molar-refractivity contribution in [3.63, 3.8) is 0 Å². The monoisotopic (exact) mass is 301 g/mol. The summed E-state index contributed by atoms with van der Waals surface area (Å²) in [6.45, 7) is -0.467. The van der Waals surface area contributed by atoms with E-state index in [0.29, 0.717) is 12.8 Å². The van der Waals surface area contributed by atoms with Crippen molar-refractivity contribution < 1.29 is 19.7 Å². The summed E-state index contributed by atoms with van der Waals surface area (Å²) in [6.07, 6.45) is 2.19. The van der Waals surface area contributed by atoms with Crippen LogP contribution in [-0.4, -0.2) is 52.0 Å². The minimum atomic E-state index is -0.480. The Labute approximate surface area is 120 Å². The van der Waals surface area contributed by atoms with Gasteiger partial charge in [-0.1, -0.05) is 0 Å². The van der Waals surface area contributed by atoms with Gasteiger partial charge in [-0.3, -0.25) is 19.1 Å². The van der Waals surface area contributed by atoms with E-state index in [-0.39, 0.29) is 24.8 Å². The third-order valence-electron chi connectivity index (χ3n) is 2.87. The lowest BCUT2D eigenvalue weighted by Crippen LogP contribution is -2.31. The molecule has 9 nitrogen and oxygen atoms in total. The van der Waals surface area contributed by atoms with Crippen LogP contribution in [0.5, 0.6) is 0 Å². The highest BCUT2D eigenvalue weighted by molar-refractivity contribution is 5.76. The van der Waals surface area contributed by atoms with Gasteiger partial charge >= 0.3 is 5.69 Å². The lowest BCUT2D eigenvalue weighted by atomic mass is 10.2. The van der Waals surface area contributed by atoms with Gasteiger partial charge in [0, 0.05) is 19.3 Å². The zero-order valence-electron chi connectivity index (χ0n) is 11.6. The van der Waals surface area contributed by atoms with Crippen molar-refractivity contribution in [2.75, 3.05) is 20.3 Å². The van der Waals surface area contributed by atoms with Crippen molar-refractivity contribution in [1.82, 2.24) is 14.9 Å². The number of aromatic amines is 1. The molecule has 1 aromatic heterocycles. The molecule has 0 spiro atoms. The van der Waals surface area contributed by atoms with Gasteiger partial charge in [-0.25, -0.2) is 4.79 Å². The van der Waals surface area contributed by atoms with Gasteiger partial charge in [0.15, 0.2) is 0 Å². The minimum Gasteiger partial charge on any atom is -0.394 e. The van der Waals surface area contributed by atoms with E-state index in [1.165, 1.54) is 23.9 Å². The standard InChI is InChI=1S/C9H12N2O4.C3H7NO2/c12-5-6-1-2-8(15-6)11-4-3-7(13)10-9(11)14;1-4-3(6)2-5/h3-4,6,8,12H,1-2,5H2,(H,10,13,14);5H,2H2,1H3,(H,4,6). The molecule has 0 radical (unpaired) electrons. The number of carbonyl (C=O) groups is 1. The number of hydrogen-bond donors (Lipinski definition) is 4. The number of nitrogens with one attached hydrogen (secondary N) is 2. The van der Waals surface area contributed by atoms with Gasteiger partial charge in [0.25, 0.3) is 5.56 Å². The summed E-state index contributed by atoms with van der Waals surface area (Å²) in [4.78, 5) is 34.2. The molecule has 0 saturated carbocycles. The Kier molecular flexibility index (Phi) is 6.79. The molecule has 2 atom stereocenters. The van der Waals surface area contributed by atoms with Crippen molar-refractivity contribution >= 4 is 5.91 Å². The number of aliphatic hydroxyl groups excluding tert-OH is 2. The Hall–Kier alpha value is -1.97. The Balaban J connectivity index is 0.000000315. The van der Waals surface area contributed by atoms with Crippen LogP contribution in [0.3, 0.4) is 0 Å². The molecular formula is C12H19N3O6. The van der Waals surface area contributed by atoms with Crippen LogP contribution in [0.2, 0.25) is 0 Å². The number of hydrogen-bond acceptors (Lipinski definition) is 6. The number of aliphatic hydroxyl groups is 2. The van der Waals surface area contributed by atoms with Crippen LogP contribution in [0.15, 0.2) is 21.9 Å². The topological polar surface area (TPSA) is 134 Å². The highest BCUT2D eigenvalue weighted by Crippen LogP contribution is 2.26. The van der Waals surface area contributed by atoms with E-state index < -0.39 is 17.9 Å². The largest absolute Gasteiger partial charge is 0.394 e. The Bertz CT molecular complexity index is 561. The van der Waals surface area contributed by atoms with E-state index in [1.807, 2.05) is 0 Å². The SMILES string of the molecule is CNC(=O)CO.O=c1ccn(C2CCC(CO)O2)c(=O)[nH]1. The van der Waals surface area contributed by atoms with Gasteiger partial charge in [0.05, 0.1) is 12.7 Å². The molecule has 4 N–H and O–H groups in total. The normalized spacial score (nSPS) is 20.5. The number of amides is 1. The van der Waals surface area contributed by atoms with Gasteiger partial charge in [-0.05, 0) is 12.8 Å². The number of ether oxygens (including phenoxy) is 1. The second kappa shape index (κ2) is 8.35. The van der Waals surface area contributed by atoms with Gasteiger partial charge in [0.2, 0.25) is 5.91 Å². The van der Waals surface area contributed by atoms with E-state index in [4.69, 9.17) is 14.9 Å². The molecule has 1 aliphatic heterocycles. The number of rotatable bonds is 3. The third-order valence-corrected chi connectivity index (χ3v) is 2.87.